The van der Waals surface area contributed by atoms with Gasteiger partial charge in [-0.05, 0) is 25.3 Å². The van der Waals surface area contributed by atoms with Crippen molar-refractivity contribution in [3.05, 3.63) is 42.2 Å². The molecule has 0 bridgehead atoms. The number of aliphatic hydroxyl groups is 1. The molecular weight excluding hydrogens is 304 g/mol. The lowest BCUT2D eigenvalue weighted by Gasteiger charge is -2.36. The molecule has 3 heterocycles. The maximum atomic E-state index is 10.0. The molecule has 1 N–H and O–H groups in total. The van der Waals surface area contributed by atoms with Crippen LogP contribution in [0.25, 0.3) is 11.2 Å². The molecule has 1 fully saturated rings. The Labute approximate surface area is 140 Å². The van der Waals surface area contributed by atoms with Crippen LogP contribution in [0.2, 0.25) is 0 Å². The highest BCUT2D eigenvalue weighted by atomic mass is 16.3. The molecule has 7 heteroatoms. The van der Waals surface area contributed by atoms with Crippen LogP contribution >= 0.6 is 0 Å². The molecular formula is C17H20N6O. The second-order valence-electron chi connectivity index (χ2n) is 6.33. The molecule has 124 valence electrons. The minimum absolute atomic E-state index is 0.311. The second kappa shape index (κ2) is 6.16. The van der Waals surface area contributed by atoms with E-state index in [1.807, 2.05) is 18.2 Å². The molecule has 1 saturated heterocycles. The van der Waals surface area contributed by atoms with Gasteiger partial charge in [0.1, 0.15) is 6.33 Å². The molecule has 0 unspecified atom stereocenters. The van der Waals surface area contributed by atoms with E-state index in [0.717, 1.165) is 29.9 Å². The van der Waals surface area contributed by atoms with Crippen molar-refractivity contribution in [1.29, 1.82) is 0 Å². The summed E-state index contributed by atoms with van der Waals surface area (Å²) in [6.07, 6.45) is 2.98. The van der Waals surface area contributed by atoms with Crippen LogP contribution in [-0.2, 0) is 6.54 Å². The van der Waals surface area contributed by atoms with Crippen molar-refractivity contribution in [2.24, 2.45) is 0 Å². The minimum Gasteiger partial charge on any atom is -0.391 e. The van der Waals surface area contributed by atoms with Gasteiger partial charge in [-0.1, -0.05) is 35.5 Å². The molecule has 1 aliphatic heterocycles. The van der Waals surface area contributed by atoms with E-state index in [2.05, 4.69) is 44.2 Å². The van der Waals surface area contributed by atoms with Crippen LogP contribution < -0.4 is 4.90 Å². The highest BCUT2D eigenvalue weighted by Gasteiger charge is 2.27. The smallest absolute Gasteiger partial charge is 0.184 e. The van der Waals surface area contributed by atoms with Crippen LogP contribution in [0, 0.1) is 0 Å². The molecule has 0 spiro atoms. The molecule has 0 radical (unpaired) electrons. The fourth-order valence-corrected chi connectivity index (χ4v) is 3.24. The maximum absolute atomic E-state index is 10.0. The largest absolute Gasteiger partial charge is 0.391 e. The number of aliphatic hydroxyl groups excluding tert-OH is 1. The fraction of sp³-hybridized carbons (Fsp3) is 0.412. The van der Waals surface area contributed by atoms with E-state index in [4.69, 9.17) is 0 Å². The molecule has 0 aliphatic carbocycles. The molecule has 2 aromatic heterocycles. The van der Waals surface area contributed by atoms with E-state index in [9.17, 15) is 5.11 Å². The van der Waals surface area contributed by atoms with Crippen LogP contribution in [0.3, 0.4) is 0 Å². The van der Waals surface area contributed by atoms with Crippen molar-refractivity contribution in [2.45, 2.75) is 38.5 Å². The summed E-state index contributed by atoms with van der Waals surface area (Å²) < 4.78 is 1.79. The predicted molar refractivity (Wildman–Crippen MR) is 90.7 cm³/mol. The molecule has 1 aliphatic rings. The standard InChI is InChI=1S/C17H20N6O/c1-12-7-8-14(24)10-22(12)16-15-17(19-11-18-16)23(21-20-15)9-13-5-3-2-4-6-13/h2-6,11-12,14,24H,7-10H2,1H3/t12-,14-/m1/s1. The Kier molecular flexibility index (Phi) is 3.86. The Bertz CT molecular complexity index is 833. The van der Waals surface area contributed by atoms with Crippen LogP contribution in [0.1, 0.15) is 25.3 Å². The molecule has 0 amide bonds. The minimum atomic E-state index is -0.328. The summed E-state index contributed by atoms with van der Waals surface area (Å²) in [5, 5.41) is 18.6. The molecule has 24 heavy (non-hydrogen) atoms. The topological polar surface area (TPSA) is 80.0 Å². The van der Waals surface area contributed by atoms with Gasteiger partial charge in [0.2, 0.25) is 0 Å². The van der Waals surface area contributed by atoms with Gasteiger partial charge >= 0.3 is 0 Å². The number of β-amino-alcohol motifs (C(OH)–C–C–N with tert-alkyl or cyclic N) is 1. The Morgan fingerprint density at radius 2 is 2.00 bits per heavy atom. The lowest BCUT2D eigenvalue weighted by Crippen LogP contribution is -2.44. The lowest BCUT2D eigenvalue weighted by molar-refractivity contribution is 0.144. The summed E-state index contributed by atoms with van der Waals surface area (Å²) >= 11 is 0. The summed E-state index contributed by atoms with van der Waals surface area (Å²) in [6, 6.07) is 10.4. The van der Waals surface area contributed by atoms with E-state index in [1.165, 1.54) is 0 Å². The van der Waals surface area contributed by atoms with Crippen LogP contribution in [0.15, 0.2) is 36.7 Å². The van der Waals surface area contributed by atoms with Crippen molar-refractivity contribution < 1.29 is 5.11 Å². The molecule has 3 aromatic rings. The van der Waals surface area contributed by atoms with Crippen molar-refractivity contribution in [2.75, 3.05) is 11.4 Å². The van der Waals surface area contributed by atoms with Crippen molar-refractivity contribution in [3.8, 4) is 0 Å². The Morgan fingerprint density at radius 3 is 2.83 bits per heavy atom. The van der Waals surface area contributed by atoms with Crippen molar-refractivity contribution in [1.82, 2.24) is 25.0 Å². The van der Waals surface area contributed by atoms with E-state index in [-0.39, 0.29) is 6.10 Å². The molecule has 7 nitrogen and oxygen atoms in total. The fourth-order valence-electron chi connectivity index (χ4n) is 3.24. The number of nitrogens with zero attached hydrogens (tertiary/aromatic N) is 6. The highest BCUT2D eigenvalue weighted by molar-refractivity contribution is 5.82. The van der Waals surface area contributed by atoms with E-state index in [1.54, 1.807) is 11.0 Å². The monoisotopic (exact) mass is 324 g/mol. The van der Waals surface area contributed by atoms with Gasteiger partial charge in [0, 0.05) is 12.6 Å². The quantitative estimate of drug-likeness (QED) is 0.788. The number of fused-ring (bicyclic) bond motifs is 1. The zero-order valence-corrected chi connectivity index (χ0v) is 13.6. The molecule has 2 atom stereocenters. The summed E-state index contributed by atoms with van der Waals surface area (Å²) in [6.45, 7) is 3.33. The molecule has 1 aromatic carbocycles. The van der Waals surface area contributed by atoms with Gasteiger partial charge in [-0.25, -0.2) is 14.6 Å². The third-order valence-corrected chi connectivity index (χ3v) is 4.59. The first-order valence-corrected chi connectivity index (χ1v) is 8.25. The van der Waals surface area contributed by atoms with Crippen molar-refractivity contribution in [3.63, 3.8) is 0 Å². The van der Waals surface area contributed by atoms with Crippen molar-refractivity contribution >= 4 is 17.0 Å². The lowest BCUT2D eigenvalue weighted by atomic mass is 10.0. The zero-order chi connectivity index (χ0) is 16.5. The zero-order valence-electron chi connectivity index (χ0n) is 13.6. The van der Waals surface area contributed by atoms with E-state index >= 15 is 0 Å². The number of benzene rings is 1. The number of piperidine rings is 1. The average molecular weight is 324 g/mol. The first-order valence-electron chi connectivity index (χ1n) is 8.25. The average Bonchev–Trinajstić information content (AvgIpc) is 3.01. The van der Waals surface area contributed by atoms with Gasteiger partial charge < -0.3 is 10.0 Å². The first kappa shape index (κ1) is 15.0. The van der Waals surface area contributed by atoms with Gasteiger partial charge in [0.25, 0.3) is 0 Å². The Morgan fingerprint density at radius 1 is 1.17 bits per heavy atom. The van der Waals surface area contributed by atoms with E-state index in [0.29, 0.717) is 24.6 Å². The number of aromatic nitrogens is 5. The van der Waals surface area contributed by atoms with Crippen LogP contribution in [0.5, 0.6) is 0 Å². The normalized spacial score (nSPS) is 21.3. The highest BCUT2D eigenvalue weighted by Crippen LogP contribution is 2.27. The van der Waals surface area contributed by atoms with Gasteiger partial charge in [-0.3, -0.25) is 0 Å². The van der Waals surface area contributed by atoms with Gasteiger partial charge in [0.05, 0.1) is 12.6 Å². The Hall–Kier alpha value is -2.54. The predicted octanol–water partition coefficient (Wildman–Crippen LogP) is 1.62. The third kappa shape index (κ3) is 2.71. The first-order chi connectivity index (χ1) is 11.7. The summed E-state index contributed by atoms with van der Waals surface area (Å²) in [4.78, 5) is 10.9. The number of rotatable bonds is 3. The number of hydrogen-bond donors (Lipinski definition) is 1. The summed E-state index contributed by atoms with van der Waals surface area (Å²) in [7, 11) is 0. The van der Waals surface area contributed by atoms with E-state index < -0.39 is 0 Å². The summed E-state index contributed by atoms with van der Waals surface area (Å²) in [5.74, 6) is 0.755. The third-order valence-electron chi connectivity index (χ3n) is 4.59. The molecule has 0 saturated carbocycles. The summed E-state index contributed by atoms with van der Waals surface area (Å²) in [5.41, 5.74) is 2.55. The van der Waals surface area contributed by atoms with Crippen LogP contribution in [-0.4, -0.2) is 48.8 Å². The number of anilines is 1. The Balaban J connectivity index is 1.71. The number of hydrogen-bond acceptors (Lipinski definition) is 6. The van der Waals surface area contributed by atoms with Gasteiger partial charge in [0.15, 0.2) is 17.0 Å². The SMILES string of the molecule is C[C@@H]1CC[C@@H](O)CN1c1ncnc2c1nnn2Cc1ccccc1. The second-order valence-corrected chi connectivity index (χ2v) is 6.33. The van der Waals surface area contributed by atoms with Gasteiger partial charge in [-0.15, -0.1) is 5.10 Å². The molecule has 4 rings (SSSR count). The van der Waals surface area contributed by atoms with Gasteiger partial charge in [-0.2, -0.15) is 0 Å². The van der Waals surface area contributed by atoms with Crippen LogP contribution in [0.4, 0.5) is 5.82 Å². The maximum Gasteiger partial charge on any atom is 0.184 e.